The summed E-state index contributed by atoms with van der Waals surface area (Å²) < 4.78 is 0. The van der Waals surface area contributed by atoms with Crippen LogP contribution < -0.4 is 11.1 Å². The molecule has 2 unspecified atom stereocenters. The SMILES string of the molecule is CC1CCCC(CCNC(=O)c2ccc(Cl)c(N)c2)C1. The van der Waals surface area contributed by atoms with Gasteiger partial charge >= 0.3 is 0 Å². The van der Waals surface area contributed by atoms with Crippen LogP contribution in [-0.4, -0.2) is 12.5 Å². The van der Waals surface area contributed by atoms with Crippen molar-refractivity contribution in [1.29, 1.82) is 0 Å². The molecule has 0 saturated heterocycles. The Morgan fingerprint density at radius 3 is 2.95 bits per heavy atom. The predicted molar refractivity (Wildman–Crippen MR) is 83.9 cm³/mol. The number of amides is 1. The number of carbonyl (C=O) groups is 1. The lowest BCUT2D eigenvalue weighted by Gasteiger charge is -2.26. The van der Waals surface area contributed by atoms with E-state index >= 15 is 0 Å². The third kappa shape index (κ3) is 4.14. The zero-order valence-corrected chi connectivity index (χ0v) is 12.7. The highest BCUT2D eigenvalue weighted by molar-refractivity contribution is 6.33. The highest BCUT2D eigenvalue weighted by Gasteiger charge is 2.18. The number of hydrogen-bond donors (Lipinski definition) is 2. The Kier molecular flexibility index (Phi) is 5.30. The summed E-state index contributed by atoms with van der Waals surface area (Å²) in [6, 6.07) is 4.99. The van der Waals surface area contributed by atoms with Gasteiger partial charge in [-0.25, -0.2) is 0 Å². The number of hydrogen-bond acceptors (Lipinski definition) is 2. The maximum Gasteiger partial charge on any atom is 0.251 e. The van der Waals surface area contributed by atoms with Crippen LogP contribution in [-0.2, 0) is 0 Å². The molecule has 2 rings (SSSR count). The maximum atomic E-state index is 12.0. The monoisotopic (exact) mass is 294 g/mol. The fourth-order valence-corrected chi connectivity index (χ4v) is 3.12. The van der Waals surface area contributed by atoms with E-state index in [4.69, 9.17) is 17.3 Å². The van der Waals surface area contributed by atoms with Crippen LogP contribution in [0, 0.1) is 11.8 Å². The minimum Gasteiger partial charge on any atom is -0.398 e. The number of rotatable bonds is 4. The Labute approximate surface area is 125 Å². The zero-order valence-electron chi connectivity index (χ0n) is 12.0. The second-order valence-electron chi connectivity index (χ2n) is 5.92. The first-order valence-electron chi connectivity index (χ1n) is 7.39. The first-order chi connectivity index (χ1) is 9.56. The van der Waals surface area contributed by atoms with E-state index in [1.54, 1.807) is 18.2 Å². The van der Waals surface area contributed by atoms with Crippen LogP contribution in [0.3, 0.4) is 0 Å². The van der Waals surface area contributed by atoms with E-state index in [0.717, 1.165) is 24.8 Å². The summed E-state index contributed by atoms with van der Waals surface area (Å²) >= 11 is 5.85. The van der Waals surface area contributed by atoms with E-state index in [1.807, 2.05) is 0 Å². The van der Waals surface area contributed by atoms with Crippen molar-refractivity contribution < 1.29 is 4.79 Å². The largest absolute Gasteiger partial charge is 0.398 e. The van der Waals surface area contributed by atoms with E-state index in [2.05, 4.69) is 12.2 Å². The average Bonchev–Trinajstić information content (AvgIpc) is 2.42. The van der Waals surface area contributed by atoms with Crippen LogP contribution in [0.25, 0.3) is 0 Å². The summed E-state index contributed by atoms with van der Waals surface area (Å²) in [5.74, 6) is 1.52. The number of benzene rings is 1. The summed E-state index contributed by atoms with van der Waals surface area (Å²) in [4.78, 5) is 12.0. The minimum absolute atomic E-state index is 0.0720. The predicted octanol–water partition coefficient (Wildman–Crippen LogP) is 3.87. The van der Waals surface area contributed by atoms with Crippen LogP contribution in [0.5, 0.6) is 0 Å². The molecule has 110 valence electrons. The molecule has 4 heteroatoms. The Hall–Kier alpha value is -1.22. The second kappa shape index (κ2) is 6.98. The van der Waals surface area contributed by atoms with Crippen molar-refractivity contribution in [2.45, 2.75) is 39.0 Å². The van der Waals surface area contributed by atoms with Crippen molar-refractivity contribution >= 4 is 23.2 Å². The molecule has 1 amide bonds. The quantitative estimate of drug-likeness (QED) is 0.828. The topological polar surface area (TPSA) is 55.1 Å². The van der Waals surface area contributed by atoms with Crippen molar-refractivity contribution in [3.63, 3.8) is 0 Å². The Balaban J connectivity index is 1.78. The summed E-state index contributed by atoms with van der Waals surface area (Å²) in [5.41, 5.74) is 6.73. The summed E-state index contributed by atoms with van der Waals surface area (Å²) in [7, 11) is 0. The molecular formula is C16H23ClN2O. The number of halogens is 1. The lowest BCUT2D eigenvalue weighted by Crippen LogP contribution is -2.27. The molecule has 3 N–H and O–H groups in total. The van der Waals surface area contributed by atoms with E-state index in [1.165, 1.54) is 25.7 Å². The van der Waals surface area contributed by atoms with E-state index in [9.17, 15) is 4.79 Å². The lowest BCUT2D eigenvalue weighted by molar-refractivity contribution is 0.0949. The summed E-state index contributed by atoms with van der Waals surface area (Å²) in [5, 5.41) is 3.45. The number of carbonyl (C=O) groups excluding carboxylic acids is 1. The first-order valence-corrected chi connectivity index (χ1v) is 7.77. The van der Waals surface area contributed by atoms with Gasteiger partial charge in [0.1, 0.15) is 0 Å². The van der Waals surface area contributed by atoms with Gasteiger partial charge in [-0.05, 0) is 42.9 Å². The van der Waals surface area contributed by atoms with Gasteiger partial charge in [-0.3, -0.25) is 4.79 Å². The zero-order chi connectivity index (χ0) is 14.5. The van der Waals surface area contributed by atoms with Gasteiger partial charge in [0.05, 0.1) is 10.7 Å². The van der Waals surface area contributed by atoms with Crippen LogP contribution in [0.2, 0.25) is 5.02 Å². The van der Waals surface area contributed by atoms with Crippen LogP contribution in [0.15, 0.2) is 18.2 Å². The standard InChI is InChI=1S/C16H23ClN2O/c1-11-3-2-4-12(9-11)7-8-19-16(20)13-5-6-14(17)15(18)10-13/h5-6,10-12H,2-4,7-9,18H2,1H3,(H,19,20). The highest BCUT2D eigenvalue weighted by Crippen LogP contribution is 2.30. The molecular weight excluding hydrogens is 272 g/mol. The van der Waals surface area contributed by atoms with Gasteiger partial charge < -0.3 is 11.1 Å². The van der Waals surface area contributed by atoms with E-state index in [-0.39, 0.29) is 5.91 Å². The normalized spacial score (nSPS) is 22.5. The maximum absolute atomic E-state index is 12.0. The van der Waals surface area contributed by atoms with Gasteiger partial charge in [0.2, 0.25) is 0 Å². The van der Waals surface area contributed by atoms with Gasteiger partial charge in [-0.1, -0.05) is 37.8 Å². The molecule has 0 radical (unpaired) electrons. The first kappa shape index (κ1) is 15.2. The van der Waals surface area contributed by atoms with E-state index < -0.39 is 0 Å². The smallest absolute Gasteiger partial charge is 0.251 e. The molecule has 0 aliphatic heterocycles. The van der Waals surface area contributed by atoms with Gasteiger partial charge in [0.15, 0.2) is 0 Å². The summed E-state index contributed by atoms with van der Waals surface area (Å²) in [6.45, 7) is 3.06. The van der Waals surface area contributed by atoms with Crippen molar-refractivity contribution in [2.24, 2.45) is 11.8 Å². The van der Waals surface area contributed by atoms with Crippen LogP contribution in [0.1, 0.15) is 49.4 Å². The molecule has 1 aromatic carbocycles. The second-order valence-corrected chi connectivity index (χ2v) is 6.33. The average molecular weight is 295 g/mol. The van der Waals surface area contributed by atoms with Crippen molar-refractivity contribution in [3.8, 4) is 0 Å². The molecule has 0 heterocycles. The van der Waals surface area contributed by atoms with Gasteiger partial charge in [0.25, 0.3) is 5.91 Å². The minimum atomic E-state index is -0.0720. The van der Waals surface area contributed by atoms with Crippen molar-refractivity contribution in [1.82, 2.24) is 5.32 Å². The highest BCUT2D eigenvalue weighted by atomic mass is 35.5. The third-order valence-electron chi connectivity index (χ3n) is 4.14. The van der Waals surface area contributed by atoms with Gasteiger partial charge in [0, 0.05) is 12.1 Å². The Bertz CT molecular complexity index is 476. The van der Waals surface area contributed by atoms with Crippen LogP contribution >= 0.6 is 11.6 Å². The fraction of sp³-hybridized carbons (Fsp3) is 0.562. The number of nitrogens with one attached hydrogen (secondary N) is 1. The molecule has 1 saturated carbocycles. The van der Waals surface area contributed by atoms with Gasteiger partial charge in [-0.2, -0.15) is 0 Å². The molecule has 2 atom stereocenters. The van der Waals surface area contributed by atoms with Gasteiger partial charge in [-0.15, -0.1) is 0 Å². The van der Waals surface area contributed by atoms with Crippen molar-refractivity contribution in [2.75, 3.05) is 12.3 Å². The Morgan fingerprint density at radius 1 is 1.45 bits per heavy atom. The lowest BCUT2D eigenvalue weighted by atomic mass is 9.81. The molecule has 1 aromatic rings. The van der Waals surface area contributed by atoms with E-state index in [0.29, 0.717) is 16.3 Å². The molecule has 1 fully saturated rings. The number of nitrogen functional groups attached to an aromatic ring is 1. The third-order valence-corrected chi connectivity index (χ3v) is 4.49. The number of anilines is 1. The summed E-state index contributed by atoms with van der Waals surface area (Å²) in [6.07, 6.45) is 6.34. The molecule has 0 bridgehead atoms. The van der Waals surface area contributed by atoms with Crippen molar-refractivity contribution in [3.05, 3.63) is 28.8 Å². The Morgan fingerprint density at radius 2 is 2.25 bits per heavy atom. The molecule has 1 aliphatic carbocycles. The molecule has 20 heavy (non-hydrogen) atoms. The number of nitrogens with two attached hydrogens (primary N) is 1. The molecule has 3 nitrogen and oxygen atoms in total. The molecule has 1 aliphatic rings. The molecule has 0 spiro atoms. The van der Waals surface area contributed by atoms with Crippen LogP contribution in [0.4, 0.5) is 5.69 Å². The molecule has 0 aromatic heterocycles. The fourth-order valence-electron chi connectivity index (χ4n) is 3.00.